The quantitative estimate of drug-likeness (QED) is 0.521. The maximum absolute atomic E-state index is 11.8. The van der Waals surface area contributed by atoms with Gasteiger partial charge in [-0.05, 0) is 24.3 Å². The van der Waals surface area contributed by atoms with Crippen LogP contribution >= 0.6 is 0 Å². The van der Waals surface area contributed by atoms with E-state index in [1.165, 1.54) is 12.1 Å². The predicted octanol–water partition coefficient (Wildman–Crippen LogP) is -2.09. The van der Waals surface area contributed by atoms with Crippen molar-refractivity contribution in [2.24, 2.45) is 7.05 Å². The lowest BCUT2D eigenvalue weighted by molar-refractivity contribution is -0.671. The Bertz CT molecular complexity index is 505. The number of rotatable bonds is 3. The first-order chi connectivity index (χ1) is 7.65. The first-order valence-electron chi connectivity index (χ1n) is 4.98. The number of hydrogen-bond donors (Lipinski definition) is 1. The summed E-state index contributed by atoms with van der Waals surface area (Å²) in [7, 11) is 1.90. The van der Waals surface area contributed by atoms with Gasteiger partial charge in [-0.25, -0.2) is 9.13 Å². The summed E-state index contributed by atoms with van der Waals surface area (Å²) in [6.07, 6.45) is 5.57. The maximum atomic E-state index is 11.8. The van der Waals surface area contributed by atoms with Crippen LogP contribution in [0.1, 0.15) is 10.4 Å². The molecule has 0 aliphatic heterocycles. The highest BCUT2D eigenvalue weighted by Gasteiger charge is 2.10. The van der Waals surface area contributed by atoms with Gasteiger partial charge in [-0.15, -0.1) is 0 Å². The van der Waals surface area contributed by atoms with Crippen LogP contribution in [0.2, 0.25) is 0 Å². The van der Waals surface area contributed by atoms with Crippen molar-refractivity contribution >= 4 is 5.78 Å². The lowest BCUT2D eigenvalue weighted by Crippen LogP contribution is -3.00. The number of imidazole rings is 1. The molecular weight excluding hydrogens is 284 g/mol. The van der Waals surface area contributed by atoms with E-state index >= 15 is 0 Å². The number of ketones is 1. The van der Waals surface area contributed by atoms with Crippen molar-refractivity contribution in [1.29, 1.82) is 0 Å². The van der Waals surface area contributed by atoms with E-state index < -0.39 is 0 Å². The molecule has 1 N–H and O–H groups in total. The van der Waals surface area contributed by atoms with Gasteiger partial charge in [0.1, 0.15) is 18.1 Å². The molecule has 0 saturated heterocycles. The number of benzene rings is 1. The second-order valence-corrected chi connectivity index (χ2v) is 3.72. The van der Waals surface area contributed by atoms with E-state index in [0.29, 0.717) is 12.1 Å². The van der Waals surface area contributed by atoms with Gasteiger partial charge in [0.15, 0.2) is 6.54 Å². The zero-order valence-corrected chi connectivity index (χ0v) is 11.0. The van der Waals surface area contributed by atoms with Crippen molar-refractivity contribution in [2.75, 3.05) is 0 Å². The number of aromatic hydroxyl groups is 1. The summed E-state index contributed by atoms with van der Waals surface area (Å²) in [5.41, 5.74) is 0.606. The van der Waals surface area contributed by atoms with Gasteiger partial charge in [0.25, 0.3) is 0 Å². The maximum Gasteiger partial charge on any atom is 0.243 e. The molecule has 2 aromatic rings. The third-order valence-corrected chi connectivity index (χ3v) is 2.34. The number of aromatic nitrogens is 2. The molecule has 0 saturated carbocycles. The second kappa shape index (κ2) is 5.63. The Labute approximate surface area is 110 Å². The molecule has 2 rings (SSSR count). The molecule has 0 fully saturated rings. The van der Waals surface area contributed by atoms with E-state index in [9.17, 15) is 4.79 Å². The molecule has 0 amide bonds. The highest BCUT2D eigenvalue weighted by atomic mass is 79.9. The molecule has 0 bridgehead atoms. The number of carbonyl (C=O) groups is 1. The van der Waals surface area contributed by atoms with E-state index in [1.807, 2.05) is 34.9 Å². The fourth-order valence-corrected chi connectivity index (χ4v) is 1.50. The molecule has 90 valence electrons. The van der Waals surface area contributed by atoms with Gasteiger partial charge >= 0.3 is 0 Å². The van der Waals surface area contributed by atoms with Gasteiger partial charge in [0.2, 0.25) is 12.1 Å². The lowest BCUT2D eigenvalue weighted by Gasteiger charge is -1.98. The largest absolute Gasteiger partial charge is 1.00 e. The van der Waals surface area contributed by atoms with Crippen LogP contribution in [0.25, 0.3) is 0 Å². The van der Waals surface area contributed by atoms with Crippen LogP contribution in [0, 0.1) is 0 Å². The number of phenols is 1. The summed E-state index contributed by atoms with van der Waals surface area (Å²) >= 11 is 0. The second-order valence-electron chi connectivity index (χ2n) is 3.72. The first-order valence-corrected chi connectivity index (χ1v) is 4.98. The molecule has 1 aromatic heterocycles. The fraction of sp³-hybridized carbons (Fsp3) is 0.167. The van der Waals surface area contributed by atoms with E-state index in [0.717, 1.165) is 0 Å². The Morgan fingerprint density at radius 1 is 1.35 bits per heavy atom. The van der Waals surface area contributed by atoms with Gasteiger partial charge in [-0.2, -0.15) is 0 Å². The Balaban J connectivity index is 0.00000144. The molecule has 0 unspecified atom stereocenters. The summed E-state index contributed by atoms with van der Waals surface area (Å²) in [5, 5.41) is 9.11. The molecule has 1 aromatic carbocycles. The zero-order chi connectivity index (χ0) is 11.5. The number of Topliss-reactive ketones (excluding diaryl/α,β-unsaturated/α-hetero) is 1. The standard InChI is InChI=1S/C12H12N2O2.BrH/c1-13-6-7-14(9-13)8-12(16)10-2-4-11(15)5-3-10;/h2-7,9H,8H2,1H3;1H. The van der Waals surface area contributed by atoms with Crippen LogP contribution in [0.5, 0.6) is 5.75 Å². The highest BCUT2D eigenvalue weighted by molar-refractivity contribution is 5.95. The summed E-state index contributed by atoms with van der Waals surface area (Å²) in [6.45, 7) is 0.311. The van der Waals surface area contributed by atoms with Gasteiger partial charge in [-0.1, -0.05) is 0 Å². The van der Waals surface area contributed by atoms with Crippen molar-refractivity contribution in [2.45, 2.75) is 6.54 Å². The van der Waals surface area contributed by atoms with Crippen LogP contribution in [-0.2, 0) is 13.6 Å². The molecule has 0 aliphatic rings. The number of nitrogens with zero attached hydrogens (tertiary/aromatic N) is 2. The van der Waals surface area contributed by atoms with E-state index in [1.54, 1.807) is 12.1 Å². The average molecular weight is 297 g/mol. The smallest absolute Gasteiger partial charge is 0.243 e. The molecule has 0 spiro atoms. The van der Waals surface area contributed by atoms with Gasteiger partial charge in [-0.3, -0.25) is 4.79 Å². The topological polar surface area (TPSA) is 46.1 Å². The molecular formula is C12H13BrN2O2. The molecule has 0 radical (unpaired) electrons. The van der Waals surface area contributed by atoms with Crippen LogP contribution in [0.4, 0.5) is 0 Å². The van der Waals surface area contributed by atoms with Crippen LogP contribution in [0.3, 0.4) is 0 Å². The van der Waals surface area contributed by atoms with E-state index in [2.05, 4.69) is 0 Å². The summed E-state index contributed by atoms with van der Waals surface area (Å²) in [6, 6.07) is 6.29. The number of halogens is 1. The van der Waals surface area contributed by atoms with Crippen LogP contribution in [-0.4, -0.2) is 15.5 Å². The molecule has 17 heavy (non-hydrogen) atoms. The van der Waals surface area contributed by atoms with Crippen LogP contribution < -0.4 is 21.5 Å². The van der Waals surface area contributed by atoms with Gasteiger partial charge < -0.3 is 22.1 Å². The number of phenolic OH excluding ortho intramolecular Hbond substituents is 1. The Kier molecular flexibility index (Phi) is 4.45. The minimum atomic E-state index is 0. The monoisotopic (exact) mass is 296 g/mol. The molecule has 0 aliphatic carbocycles. The lowest BCUT2D eigenvalue weighted by atomic mass is 10.1. The van der Waals surface area contributed by atoms with Crippen molar-refractivity contribution in [3.8, 4) is 5.75 Å². The van der Waals surface area contributed by atoms with Crippen LogP contribution in [0.15, 0.2) is 43.0 Å². The predicted molar refractivity (Wildman–Crippen MR) is 58.0 cm³/mol. The summed E-state index contributed by atoms with van der Waals surface area (Å²) in [4.78, 5) is 11.8. The molecule has 1 heterocycles. The molecule has 5 heteroatoms. The highest BCUT2D eigenvalue weighted by Crippen LogP contribution is 2.10. The minimum Gasteiger partial charge on any atom is -1.00 e. The van der Waals surface area contributed by atoms with Crippen molar-refractivity contribution in [1.82, 2.24) is 4.57 Å². The minimum absolute atomic E-state index is 0. The first kappa shape index (κ1) is 13.4. The normalized spacial score (nSPS) is 9.71. The van der Waals surface area contributed by atoms with Crippen molar-refractivity contribution < 1.29 is 31.4 Å². The number of hydrogen-bond acceptors (Lipinski definition) is 2. The van der Waals surface area contributed by atoms with Gasteiger partial charge in [0.05, 0.1) is 7.05 Å². The number of aryl methyl sites for hydroxylation is 1. The average Bonchev–Trinajstić information content (AvgIpc) is 2.65. The summed E-state index contributed by atoms with van der Waals surface area (Å²) in [5.74, 6) is 0.195. The molecule has 0 atom stereocenters. The molecule has 4 nitrogen and oxygen atoms in total. The SMILES string of the molecule is C[n+]1ccn(CC(=O)c2ccc(O)cc2)c1.[Br-]. The Hall–Kier alpha value is -1.62. The zero-order valence-electron chi connectivity index (χ0n) is 9.38. The Morgan fingerprint density at radius 2 is 2.00 bits per heavy atom. The third-order valence-electron chi connectivity index (χ3n) is 2.34. The van der Waals surface area contributed by atoms with E-state index in [-0.39, 0.29) is 28.5 Å². The third kappa shape index (κ3) is 3.42. The van der Waals surface area contributed by atoms with Gasteiger partial charge in [0, 0.05) is 5.56 Å². The number of carbonyl (C=O) groups excluding carboxylic acids is 1. The van der Waals surface area contributed by atoms with E-state index in [4.69, 9.17) is 5.11 Å². The Morgan fingerprint density at radius 3 is 2.53 bits per heavy atom. The van der Waals surface area contributed by atoms with Crippen molar-refractivity contribution in [3.63, 3.8) is 0 Å². The summed E-state index contributed by atoms with van der Waals surface area (Å²) < 4.78 is 3.69. The van der Waals surface area contributed by atoms with Crippen molar-refractivity contribution in [3.05, 3.63) is 48.5 Å². The fourth-order valence-electron chi connectivity index (χ4n) is 1.50.